The summed E-state index contributed by atoms with van der Waals surface area (Å²) in [7, 11) is 0. The lowest BCUT2D eigenvalue weighted by atomic mass is 10.0. The van der Waals surface area contributed by atoms with Crippen molar-refractivity contribution in [3.8, 4) is 0 Å². The van der Waals surface area contributed by atoms with E-state index in [-0.39, 0.29) is 12.6 Å². The van der Waals surface area contributed by atoms with Gasteiger partial charge in [-0.05, 0) is 37.1 Å². The average molecular weight is 368 g/mol. The minimum absolute atomic E-state index is 0.0724. The van der Waals surface area contributed by atoms with Gasteiger partial charge in [-0.3, -0.25) is 9.69 Å². The first-order valence-corrected chi connectivity index (χ1v) is 8.65. The molecule has 1 fully saturated rings. The molecule has 25 heavy (non-hydrogen) atoms. The number of likely N-dealkylation sites (tertiary alicyclic amines) is 1. The number of aliphatic hydroxyl groups excluding tert-OH is 1. The third kappa shape index (κ3) is 4.24. The Morgan fingerprint density at radius 1 is 1.44 bits per heavy atom. The normalized spacial score (nSPS) is 20.0. The van der Waals surface area contributed by atoms with E-state index in [1.165, 1.54) is 0 Å². The van der Waals surface area contributed by atoms with Gasteiger partial charge in [0.25, 0.3) is 0 Å². The van der Waals surface area contributed by atoms with Crippen molar-refractivity contribution in [3.05, 3.63) is 40.6 Å². The van der Waals surface area contributed by atoms with E-state index in [1.807, 2.05) is 11.0 Å². The Hall–Kier alpha value is -1.80. The van der Waals surface area contributed by atoms with Crippen LogP contribution in [0.5, 0.6) is 0 Å². The van der Waals surface area contributed by atoms with E-state index in [0.29, 0.717) is 30.5 Å². The number of primary amides is 1. The van der Waals surface area contributed by atoms with E-state index >= 15 is 0 Å². The lowest BCUT2D eigenvalue weighted by Gasteiger charge is -2.36. The fraction of sp³-hybridized carbons (Fsp3) is 0.471. The molecule has 0 bridgehead atoms. The second-order valence-electron chi connectivity index (χ2n) is 6.19. The van der Waals surface area contributed by atoms with Crippen LogP contribution >= 0.6 is 11.6 Å². The molecule has 4 N–H and O–H groups in total. The summed E-state index contributed by atoms with van der Waals surface area (Å²) in [5.41, 5.74) is 7.20. The maximum atomic E-state index is 11.8. The molecule has 1 aromatic rings. The van der Waals surface area contributed by atoms with Crippen molar-refractivity contribution in [1.29, 1.82) is 0 Å². The molecular formula is C17H22ClN3O4. The second-order valence-corrected chi connectivity index (χ2v) is 6.63. The molecule has 1 saturated heterocycles. The largest absolute Gasteiger partial charge is 0.392 e. The monoisotopic (exact) mass is 367 g/mol. The van der Waals surface area contributed by atoms with E-state index in [4.69, 9.17) is 27.1 Å². The summed E-state index contributed by atoms with van der Waals surface area (Å²) in [5, 5.41) is 13.5. The van der Waals surface area contributed by atoms with Crippen LogP contribution < -0.4 is 11.1 Å². The smallest absolute Gasteiger partial charge is 0.242 e. The topological polar surface area (TPSA) is 97.1 Å². The third-order valence-electron chi connectivity index (χ3n) is 4.54. The highest BCUT2D eigenvalue weighted by Gasteiger charge is 2.34. The number of aliphatic hydroxyl groups is 1. The summed E-state index contributed by atoms with van der Waals surface area (Å²) in [6.07, 6.45) is 3.41. The molecule has 2 heterocycles. The number of nitrogens with zero attached hydrogens (tertiary/aromatic N) is 1. The quantitative estimate of drug-likeness (QED) is 0.658. The van der Waals surface area contributed by atoms with Gasteiger partial charge in [-0.2, -0.15) is 4.89 Å². The Kier molecular flexibility index (Phi) is 5.80. The predicted molar refractivity (Wildman–Crippen MR) is 93.7 cm³/mol. The Labute approximate surface area is 151 Å². The number of amides is 1. The lowest BCUT2D eigenvalue weighted by molar-refractivity contribution is -0.240. The number of rotatable bonds is 6. The fourth-order valence-electron chi connectivity index (χ4n) is 3.27. The predicted octanol–water partition coefficient (Wildman–Crippen LogP) is 1.41. The number of carbonyl (C=O) groups excluding carboxylic acids is 1. The van der Waals surface area contributed by atoms with E-state index in [1.54, 1.807) is 18.2 Å². The number of nitrogens with one attached hydrogen (secondary N) is 1. The Morgan fingerprint density at radius 2 is 2.20 bits per heavy atom. The number of nitrogens with two attached hydrogens (primary N) is 1. The van der Waals surface area contributed by atoms with Crippen LogP contribution in [0.3, 0.4) is 0 Å². The molecule has 2 aliphatic rings. The van der Waals surface area contributed by atoms with Gasteiger partial charge >= 0.3 is 0 Å². The van der Waals surface area contributed by atoms with E-state index in [9.17, 15) is 9.90 Å². The van der Waals surface area contributed by atoms with Gasteiger partial charge in [-0.1, -0.05) is 11.6 Å². The van der Waals surface area contributed by atoms with Crippen molar-refractivity contribution < 1.29 is 19.7 Å². The molecule has 7 nitrogen and oxygen atoms in total. The number of benzene rings is 1. The number of carbonyl (C=O) groups is 1. The summed E-state index contributed by atoms with van der Waals surface area (Å²) in [6, 6.07) is 5.08. The Balaban J connectivity index is 1.61. The summed E-state index contributed by atoms with van der Waals surface area (Å²) in [4.78, 5) is 23.7. The van der Waals surface area contributed by atoms with Crippen LogP contribution in [0.1, 0.15) is 18.4 Å². The minimum Gasteiger partial charge on any atom is -0.392 e. The molecule has 0 aromatic heterocycles. The van der Waals surface area contributed by atoms with Gasteiger partial charge < -0.3 is 21.0 Å². The second kappa shape index (κ2) is 8.05. The molecule has 8 heteroatoms. The van der Waals surface area contributed by atoms with Gasteiger partial charge in [-0.25, -0.2) is 0 Å². The zero-order valence-corrected chi connectivity index (χ0v) is 14.5. The highest BCUT2D eigenvalue weighted by atomic mass is 35.5. The van der Waals surface area contributed by atoms with Crippen LogP contribution in [0.2, 0.25) is 5.02 Å². The molecule has 0 aliphatic carbocycles. The summed E-state index contributed by atoms with van der Waals surface area (Å²) in [5.74, 6) is 0.0302. The number of halogens is 1. The first-order valence-electron chi connectivity index (χ1n) is 8.27. The Morgan fingerprint density at radius 3 is 2.80 bits per heavy atom. The van der Waals surface area contributed by atoms with Crippen molar-refractivity contribution in [2.45, 2.75) is 31.5 Å². The fourth-order valence-corrected chi connectivity index (χ4v) is 3.46. The van der Waals surface area contributed by atoms with Crippen molar-refractivity contribution in [3.63, 3.8) is 0 Å². The highest BCUT2D eigenvalue weighted by Crippen LogP contribution is 2.26. The molecule has 0 radical (unpaired) electrons. The zero-order valence-electron chi connectivity index (χ0n) is 13.8. The molecule has 1 unspecified atom stereocenters. The summed E-state index contributed by atoms with van der Waals surface area (Å²) < 4.78 is 0. The Bertz CT molecular complexity index is 659. The average Bonchev–Trinajstić information content (AvgIpc) is 3.12. The molecule has 136 valence electrons. The number of piperidine rings is 1. The number of anilines is 1. The van der Waals surface area contributed by atoms with Crippen LogP contribution in [-0.4, -0.2) is 47.7 Å². The van der Waals surface area contributed by atoms with Crippen molar-refractivity contribution in [2.24, 2.45) is 5.73 Å². The molecule has 0 saturated carbocycles. The first kappa shape index (κ1) is 18.0. The molecular weight excluding hydrogens is 346 g/mol. The van der Waals surface area contributed by atoms with Crippen molar-refractivity contribution in [2.75, 3.05) is 25.0 Å². The van der Waals surface area contributed by atoms with E-state index < -0.39 is 11.9 Å². The van der Waals surface area contributed by atoms with Gasteiger partial charge in [0.2, 0.25) is 5.91 Å². The van der Waals surface area contributed by atoms with Gasteiger partial charge in [0.15, 0.2) is 11.8 Å². The van der Waals surface area contributed by atoms with E-state index in [0.717, 1.165) is 24.1 Å². The summed E-state index contributed by atoms with van der Waals surface area (Å²) >= 11 is 5.97. The summed E-state index contributed by atoms with van der Waals surface area (Å²) in [6.45, 7) is 1.66. The maximum absolute atomic E-state index is 11.8. The van der Waals surface area contributed by atoms with Crippen LogP contribution in [0, 0.1) is 0 Å². The molecule has 1 amide bonds. The minimum atomic E-state index is -0.591. The first-order chi connectivity index (χ1) is 12.1. The lowest BCUT2D eigenvalue weighted by Crippen LogP contribution is -2.51. The molecule has 1 aromatic carbocycles. The standard InChI is InChI=1S/C17H22ClN3O4/c18-12-1-2-14(11(9-12)10-22)20-13-3-6-21(7-4-13)16(17(19)23)15-5-8-24-25-15/h1-2,5,9,13,16,20,22H,3-4,6-8,10H2,(H2,19,23). The van der Waals surface area contributed by atoms with E-state index in [2.05, 4.69) is 5.32 Å². The number of hydrogen-bond acceptors (Lipinski definition) is 6. The van der Waals surface area contributed by atoms with Crippen LogP contribution in [0.15, 0.2) is 30.0 Å². The van der Waals surface area contributed by atoms with Crippen LogP contribution in [0.4, 0.5) is 5.69 Å². The molecule has 2 aliphatic heterocycles. The van der Waals surface area contributed by atoms with Crippen LogP contribution in [-0.2, 0) is 21.2 Å². The van der Waals surface area contributed by atoms with Crippen LogP contribution in [0.25, 0.3) is 0 Å². The molecule has 3 rings (SSSR count). The number of hydrogen-bond donors (Lipinski definition) is 3. The molecule has 1 atom stereocenters. The highest BCUT2D eigenvalue weighted by molar-refractivity contribution is 6.30. The van der Waals surface area contributed by atoms with Gasteiger partial charge in [0, 0.05) is 35.4 Å². The van der Waals surface area contributed by atoms with Crippen molar-refractivity contribution >= 4 is 23.2 Å². The SMILES string of the molecule is NC(=O)C(C1=CCOO1)N1CCC(Nc2ccc(Cl)cc2CO)CC1. The third-order valence-corrected chi connectivity index (χ3v) is 4.77. The maximum Gasteiger partial charge on any atom is 0.242 e. The zero-order chi connectivity index (χ0) is 17.8. The van der Waals surface area contributed by atoms with Gasteiger partial charge in [-0.15, -0.1) is 0 Å². The van der Waals surface area contributed by atoms with Crippen molar-refractivity contribution in [1.82, 2.24) is 4.90 Å². The van der Waals surface area contributed by atoms with Gasteiger partial charge in [0.05, 0.1) is 6.61 Å². The van der Waals surface area contributed by atoms with Gasteiger partial charge in [0.1, 0.15) is 6.61 Å². The molecule has 0 spiro atoms.